The van der Waals surface area contributed by atoms with Crippen molar-refractivity contribution in [2.45, 2.75) is 19.9 Å². The van der Waals surface area contributed by atoms with E-state index in [0.717, 1.165) is 11.3 Å². The van der Waals surface area contributed by atoms with Gasteiger partial charge in [-0.2, -0.15) is 0 Å². The maximum Gasteiger partial charge on any atom is 0.137 e. The maximum absolute atomic E-state index is 13.5. The molecule has 4 heteroatoms. The van der Waals surface area contributed by atoms with Crippen molar-refractivity contribution in [2.24, 2.45) is 0 Å². The van der Waals surface area contributed by atoms with Crippen molar-refractivity contribution in [3.8, 4) is 0 Å². The van der Waals surface area contributed by atoms with Gasteiger partial charge in [-0.3, -0.25) is 0 Å². The fourth-order valence-electron chi connectivity index (χ4n) is 2.32. The van der Waals surface area contributed by atoms with Gasteiger partial charge in [0, 0.05) is 15.3 Å². The lowest BCUT2D eigenvalue weighted by Crippen LogP contribution is -2.06. The summed E-state index contributed by atoms with van der Waals surface area (Å²) in [5, 5.41) is 4.74. The van der Waals surface area contributed by atoms with E-state index >= 15 is 0 Å². The molecule has 0 amide bonds. The minimum atomic E-state index is -0.229. The van der Waals surface area contributed by atoms with Crippen LogP contribution in [0.15, 0.2) is 46.9 Å². The fraction of sp³-hybridized carbons (Fsp3) is 0.176. The van der Waals surface area contributed by atoms with Crippen LogP contribution >= 0.6 is 27.3 Å². The minimum Gasteiger partial charge on any atom is -0.377 e. The van der Waals surface area contributed by atoms with E-state index in [2.05, 4.69) is 58.5 Å². The third kappa shape index (κ3) is 2.97. The number of aryl methyl sites for hydroxylation is 1. The third-order valence-corrected chi connectivity index (χ3v) is 5.42. The van der Waals surface area contributed by atoms with Crippen molar-refractivity contribution in [3.63, 3.8) is 0 Å². The lowest BCUT2D eigenvalue weighted by Gasteiger charge is -2.16. The number of thiophene rings is 1. The quantitative estimate of drug-likeness (QED) is 0.576. The van der Waals surface area contributed by atoms with Crippen LogP contribution in [0.3, 0.4) is 0 Å². The monoisotopic (exact) mass is 363 g/mol. The Morgan fingerprint density at radius 3 is 2.71 bits per heavy atom. The molecule has 0 aliphatic carbocycles. The lowest BCUT2D eigenvalue weighted by molar-refractivity contribution is 0.620. The predicted octanol–water partition coefficient (Wildman–Crippen LogP) is 6.28. The smallest absolute Gasteiger partial charge is 0.137 e. The van der Waals surface area contributed by atoms with E-state index in [1.165, 1.54) is 15.0 Å². The SMILES string of the molecule is Cc1cc(F)c(Br)cc1NC(C)c1cc2ccccc2s1. The summed E-state index contributed by atoms with van der Waals surface area (Å²) in [5.74, 6) is -0.229. The van der Waals surface area contributed by atoms with E-state index in [1.807, 2.05) is 6.92 Å². The van der Waals surface area contributed by atoms with Crippen LogP contribution in [0, 0.1) is 12.7 Å². The largest absolute Gasteiger partial charge is 0.377 e. The lowest BCUT2D eigenvalue weighted by atomic mass is 10.1. The standard InChI is InChI=1S/C17H15BrFNS/c1-10-7-14(19)13(18)9-15(10)20-11(2)17-8-12-5-3-4-6-16(12)21-17/h3-9,11,20H,1-2H3. The molecule has 1 nitrogen and oxygen atoms in total. The molecule has 1 N–H and O–H groups in total. The van der Waals surface area contributed by atoms with E-state index in [-0.39, 0.29) is 11.9 Å². The van der Waals surface area contributed by atoms with Crippen molar-refractivity contribution in [3.05, 3.63) is 63.2 Å². The topological polar surface area (TPSA) is 12.0 Å². The minimum absolute atomic E-state index is 0.179. The molecule has 0 saturated carbocycles. The van der Waals surface area contributed by atoms with E-state index < -0.39 is 0 Å². The summed E-state index contributed by atoms with van der Waals surface area (Å²) in [6.45, 7) is 4.04. The molecule has 21 heavy (non-hydrogen) atoms. The van der Waals surface area contributed by atoms with Crippen LogP contribution in [0.5, 0.6) is 0 Å². The van der Waals surface area contributed by atoms with Crippen molar-refractivity contribution >= 4 is 43.0 Å². The molecule has 1 aromatic heterocycles. The van der Waals surface area contributed by atoms with Gasteiger partial charge in [-0.15, -0.1) is 11.3 Å². The molecular formula is C17H15BrFNS. The molecule has 2 aromatic carbocycles. The molecule has 0 spiro atoms. The first kappa shape index (κ1) is 14.5. The number of nitrogens with one attached hydrogen (secondary N) is 1. The Morgan fingerprint density at radius 2 is 1.95 bits per heavy atom. The van der Waals surface area contributed by atoms with Gasteiger partial charge in [0.2, 0.25) is 0 Å². The van der Waals surface area contributed by atoms with Gasteiger partial charge in [0.05, 0.1) is 10.5 Å². The third-order valence-electron chi connectivity index (χ3n) is 3.51. The molecule has 0 radical (unpaired) electrons. The van der Waals surface area contributed by atoms with Gasteiger partial charge in [-0.05, 0) is 65.0 Å². The highest BCUT2D eigenvalue weighted by molar-refractivity contribution is 9.10. The van der Waals surface area contributed by atoms with Crippen LogP contribution in [0.2, 0.25) is 0 Å². The van der Waals surface area contributed by atoms with Crippen LogP contribution < -0.4 is 5.32 Å². The normalized spacial score (nSPS) is 12.6. The van der Waals surface area contributed by atoms with Crippen molar-refractivity contribution in [2.75, 3.05) is 5.32 Å². The van der Waals surface area contributed by atoms with Crippen LogP contribution in [0.25, 0.3) is 10.1 Å². The van der Waals surface area contributed by atoms with Crippen molar-refractivity contribution < 1.29 is 4.39 Å². The molecule has 3 rings (SSSR count). The number of fused-ring (bicyclic) bond motifs is 1. The predicted molar refractivity (Wildman–Crippen MR) is 92.7 cm³/mol. The molecule has 1 heterocycles. The Morgan fingerprint density at radius 1 is 1.19 bits per heavy atom. The maximum atomic E-state index is 13.5. The fourth-order valence-corrected chi connectivity index (χ4v) is 3.73. The first-order chi connectivity index (χ1) is 10.0. The number of halogens is 2. The highest BCUT2D eigenvalue weighted by atomic mass is 79.9. The first-order valence-electron chi connectivity index (χ1n) is 6.75. The number of benzene rings is 2. The number of hydrogen-bond donors (Lipinski definition) is 1. The Bertz CT molecular complexity index is 764. The van der Waals surface area contributed by atoms with E-state index in [0.29, 0.717) is 4.47 Å². The zero-order chi connectivity index (χ0) is 15.0. The van der Waals surface area contributed by atoms with Gasteiger partial charge in [-0.1, -0.05) is 18.2 Å². The second-order valence-electron chi connectivity index (χ2n) is 5.13. The Balaban J connectivity index is 1.89. The Kier molecular flexibility index (Phi) is 4.00. The van der Waals surface area contributed by atoms with E-state index in [9.17, 15) is 4.39 Å². The molecule has 3 aromatic rings. The van der Waals surface area contributed by atoms with Crippen LogP contribution in [0.1, 0.15) is 23.4 Å². The van der Waals surface area contributed by atoms with Gasteiger partial charge in [0.1, 0.15) is 5.82 Å². The first-order valence-corrected chi connectivity index (χ1v) is 8.36. The summed E-state index contributed by atoms with van der Waals surface area (Å²) in [6, 6.07) is 14.1. The van der Waals surface area contributed by atoms with Crippen molar-refractivity contribution in [1.82, 2.24) is 0 Å². The number of rotatable bonds is 3. The molecule has 1 atom stereocenters. The second-order valence-corrected chi connectivity index (χ2v) is 7.10. The summed E-state index contributed by atoms with van der Waals surface area (Å²) >= 11 is 5.03. The number of anilines is 1. The Hall–Kier alpha value is -1.39. The summed E-state index contributed by atoms with van der Waals surface area (Å²) < 4.78 is 15.3. The van der Waals surface area contributed by atoms with Gasteiger partial charge < -0.3 is 5.32 Å². The summed E-state index contributed by atoms with van der Waals surface area (Å²) in [6.07, 6.45) is 0. The van der Waals surface area contributed by atoms with Crippen LogP contribution in [-0.2, 0) is 0 Å². The zero-order valence-corrected chi connectivity index (χ0v) is 14.2. The summed E-state index contributed by atoms with van der Waals surface area (Å²) in [4.78, 5) is 1.27. The molecule has 108 valence electrons. The molecule has 0 saturated heterocycles. The highest BCUT2D eigenvalue weighted by Gasteiger charge is 2.12. The molecule has 0 aliphatic heterocycles. The average molecular weight is 364 g/mol. The van der Waals surface area contributed by atoms with Gasteiger partial charge in [0.25, 0.3) is 0 Å². The molecular weight excluding hydrogens is 349 g/mol. The highest BCUT2D eigenvalue weighted by Crippen LogP contribution is 2.33. The van der Waals surface area contributed by atoms with Gasteiger partial charge in [0.15, 0.2) is 0 Å². The zero-order valence-electron chi connectivity index (χ0n) is 11.8. The van der Waals surface area contributed by atoms with Gasteiger partial charge in [-0.25, -0.2) is 4.39 Å². The van der Waals surface area contributed by atoms with E-state index in [1.54, 1.807) is 23.5 Å². The average Bonchev–Trinajstić information content (AvgIpc) is 2.88. The van der Waals surface area contributed by atoms with E-state index in [4.69, 9.17) is 0 Å². The second kappa shape index (κ2) is 5.78. The van der Waals surface area contributed by atoms with Crippen molar-refractivity contribution in [1.29, 1.82) is 0 Å². The molecule has 1 unspecified atom stereocenters. The summed E-state index contributed by atoms with van der Waals surface area (Å²) in [7, 11) is 0. The molecule has 0 aliphatic rings. The summed E-state index contributed by atoms with van der Waals surface area (Å²) in [5.41, 5.74) is 1.86. The Labute approximate surface area is 135 Å². The van der Waals surface area contributed by atoms with Crippen LogP contribution in [0.4, 0.5) is 10.1 Å². The molecule has 0 fully saturated rings. The van der Waals surface area contributed by atoms with Crippen LogP contribution in [-0.4, -0.2) is 0 Å². The van der Waals surface area contributed by atoms with Gasteiger partial charge >= 0.3 is 0 Å². The molecule has 0 bridgehead atoms. The number of hydrogen-bond acceptors (Lipinski definition) is 2.